The molecule has 4 aromatic rings. The molecule has 0 radical (unpaired) electrons. The largest absolute Gasteiger partial charge is 0.384 e. The molecule has 4 rings (SSSR count). The van der Waals surface area contributed by atoms with E-state index >= 15 is 0 Å². The van der Waals surface area contributed by atoms with E-state index in [1.165, 1.54) is 0 Å². The molecule has 0 aliphatic rings. The number of nitrogens with two attached hydrogens (primary N) is 2. The van der Waals surface area contributed by atoms with Gasteiger partial charge in [-0.2, -0.15) is 0 Å². The molecule has 0 saturated heterocycles. The lowest BCUT2D eigenvalue weighted by Gasteiger charge is -2.30. The van der Waals surface area contributed by atoms with Crippen LogP contribution in [-0.4, -0.2) is 69.0 Å². The van der Waals surface area contributed by atoms with Gasteiger partial charge < -0.3 is 36.9 Å². The lowest BCUT2D eigenvalue weighted by Crippen LogP contribution is -2.54. The first-order chi connectivity index (χ1) is 29.4. The van der Waals surface area contributed by atoms with Crippen LogP contribution in [0, 0.1) is 5.41 Å². The zero-order valence-electron chi connectivity index (χ0n) is 36.5. The average Bonchev–Trinajstić information content (AvgIpc) is 3.24. The van der Waals surface area contributed by atoms with E-state index in [2.05, 4.69) is 20.7 Å². The van der Waals surface area contributed by atoms with Crippen LogP contribution in [0.5, 0.6) is 0 Å². The number of nitrogens with one attached hydrogen (secondary N) is 5. The molecule has 0 heterocycles. The van der Waals surface area contributed by atoms with Crippen LogP contribution in [-0.2, 0) is 72.1 Å². The Morgan fingerprint density at radius 3 is 1.95 bits per heavy atom. The first-order valence-corrected chi connectivity index (χ1v) is 22.4. The second-order valence-corrected chi connectivity index (χ2v) is 18.5. The molecule has 9 N–H and O–H groups in total. The highest BCUT2D eigenvalue weighted by Gasteiger charge is 2.30. The average molecular weight is 870 g/mol. The van der Waals surface area contributed by atoms with Gasteiger partial charge in [-0.1, -0.05) is 103 Å². The van der Waals surface area contributed by atoms with Crippen molar-refractivity contribution in [3.8, 4) is 0 Å². The van der Waals surface area contributed by atoms with E-state index in [0.29, 0.717) is 37.1 Å². The number of methoxy groups -OCH3 is 1. The number of amides is 3. The summed E-state index contributed by atoms with van der Waals surface area (Å²) in [5.74, 6) is -1.76. The highest BCUT2D eigenvalue weighted by atomic mass is 32.2. The predicted molar refractivity (Wildman–Crippen MR) is 242 cm³/mol. The van der Waals surface area contributed by atoms with Gasteiger partial charge in [0.2, 0.25) is 27.7 Å². The molecule has 0 saturated carbocycles. The van der Waals surface area contributed by atoms with Gasteiger partial charge in [0.15, 0.2) is 0 Å². The first kappa shape index (κ1) is 49.2. The Balaban J connectivity index is 1.45. The number of nitrogen functional groups attached to an aromatic ring is 1. The smallest absolute Gasteiger partial charge is 0.243 e. The zero-order chi connectivity index (χ0) is 45.3. The van der Waals surface area contributed by atoms with Crippen LogP contribution in [0.2, 0.25) is 0 Å². The maximum atomic E-state index is 14.2. The summed E-state index contributed by atoms with van der Waals surface area (Å²) in [4.78, 5) is 40.7. The third-order valence-corrected chi connectivity index (χ3v) is 11.6. The minimum atomic E-state index is -4.07. The Morgan fingerprint density at radius 2 is 1.32 bits per heavy atom. The SMILES string of the molecule is COC(C)(C)COC(C)(C)CC(=O)NCc1ccc(CS(=O)(=O)N[C@H](CCCc2ccccc2)C(=O)N[C@@H](Cc2cccc(CN)c2)C(=O)NCc2ccc(C(=N)N)cc2)cc1. The zero-order valence-corrected chi connectivity index (χ0v) is 37.3. The fraction of sp³-hybridized carbons (Fsp3) is 0.404. The van der Waals surface area contributed by atoms with E-state index in [9.17, 15) is 22.8 Å². The summed E-state index contributed by atoms with van der Waals surface area (Å²) in [7, 11) is -2.46. The minimum absolute atomic E-state index is 0.0712. The molecule has 0 aromatic heterocycles. The number of sulfonamides is 1. The van der Waals surface area contributed by atoms with Crippen LogP contribution in [0.1, 0.15) is 85.9 Å². The Kier molecular flexibility index (Phi) is 18.4. The molecular formula is C47H63N7O7S. The number of benzene rings is 4. The third-order valence-electron chi connectivity index (χ3n) is 10.3. The van der Waals surface area contributed by atoms with Crippen LogP contribution >= 0.6 is 0 Å². The summed E-state index contributed by atoms with van der Waals surface area (Å²) in [5, 5.41) is 16.3. The molecule has 2 atom stereocenters. The van der Waals surface area contributed by atoms with Gasteiger partial charge in [0, 0.05) is 38.7 Å². The fourth-order valence-electron chi connectivity index (χ4n) is 6.47. The first-order valence-electron chi connectivity index (χ1n) is 20.7. The Labute approximate surface area is 366 Å². The maximum absolute atomic E-state index is 14.2. The Bertz CT molecular complexity index is 2200. The van der Waals surface area contributed by atoms with Crippen molar-refractivity contribution in [2.45, 2.75) is 108 Å². The number of aryl methyl sites for hydroxylation is 1. The highest BCUT2D eigenvalue weighted by molar-refractivity contribution is 7.88. The van der Waals surface area contributed by atoms with E-state index in [1.807, 2.05) is 82.3 Å². The van der Waals surface area contributed by atoms with Crippen LogP contribution in [0.25, 0.3) is 0 Å². The van der Waals surface area contributed by atoms with E-state index in [1.54, 1.807) is 55.6 Å². The predicted octanol–water partition coefficient (Wildman–Crippen LogP) is 4.51. The number of ether oxygens (including phenoxy) is 2. The highest BCUT2D eigenvalue weighted by Crippen LogP contribution is 2.19. The van der Waals surface area contributed by atoms with Gasteiger partial charge in [-0.15, -0.1) is 0 Å². The molecule has 0 unspecified atom stereocenters. The van der Waals surface area contributed by atoms with E-state index in [4.69, 9.17) is 26.4 Å². The molecule has 4 aromatic carbocycles. The van der Waals surface area contributed by atoms with Crippen LogP contribution < -0.4 is 32.1 Å². The van der Waals surface area contributed by atoms with Crippen LogP contribution in [0.15, 0.2) is 103 Å². The molecular weight excluding hydrogens is 807 g/mol. The number of rotatable bonds is 25. The minimum Gasteiger partial charge on any atom is -0.384 e. The molecule has 0 aliphatic heterocycles. The van der Waals surface area contributed by atoms with E-state index in [0.717, 1.165) is 27.8 Å². The summed E-state index contributed by atoms with van der Waals surface area (Å²) >= 11 is 0. The molecule has 0 bridgehead atoms. The van der Waals surface area contributed by atoms with Crippen LogP contribution in [0.4, 0.5) is 0 Å². The van der Waals surface area contributed by atoms with Crippen LogP contribution in [0.3, 0.4) is 0 Å². The molecule has 334 valence electrons. The molecule has 0 aliphatic carbocycles. The summed E-state index contributed by atoms with van der Waals surface area (Å²) in [6.45, 7) is 8.50. The third kappa shape index (κ3) is 17.1. The summed E-state index contributed by atoms with van der Waals surface area (Å²) in [6, 6.07) is 28.6. The fourth-order valence-corrected chi connectivity index (χ4v) is 7.85. The molecule has 14 nitrogen and oxygen atoms in total. The van der Waals surface area contributed by atoms with E-state index in [-0.39, 0.29) is 44.1 Å². The molecule has 3 amide bonds. The van der Waals surface area contributed by atoms with Crippen molar-refractivity contribution >= 4 is 33.6 Å². The van der Waals surface area contributed by atoms with Gasteiger partial charge in [-0.25, -0.2) is 13.1 Å². The number of carbonyl (C=O) groups is 3. The Hall–Kier alpha value is -5.45. The number of amidine groups is 1. The summed E-state index contributed by atoms with van der Waals surface area (Å²) in [6.07, 6.45) is 1.54. The molecule has 0 fully saturated rings. The van der Waals surface area contributed by atoms with Crippen molar-refractivity contribution in [1.82, 2.24) is 20.7 Å². The lowest BCUT2D eigenvalue weighted by molar-refractivity contribution is -0.135. The molecule has 0 spiro atoms. The van der Waals surface area contributed by atoms with Crippen molar-refractivity contribution in [3.05, 3.63) is 142 Å². The van der Waals surface area contributed by atoms with Gasteiger partial charge in [-0.3, -0.25) is 19.8 Å². The van der Waals surface area contributed by atoms with Crippen molar-refractivity contribution in [2.75, 3.05) is 13.7 Å². The quantitative estimate of drug-likeness (QED) is 0.0367. The van der Waals surface area contributed by atoms with Crippen molar-refractivity contribution < 1.29 is 32.3 Å². The number of hydrogen-bond donors (Lipinski definition) is 7. The second kappa shape index (κ2) is 23.1. The number of carbonyl (C=O) groups excluding carboxylic acids is 3. The van der Waals surface area contributed by atoms with Gasteiger partial charge >= 0.3 is 0 Å². The molecule has 15 heteroatoms. The van der Waals surface area contributed by atoms with Gasteiger partial charge in [0.1, 0.15) is 17.9 Å². The van der Waals surface area contributed by atoms with Crippen molar-refractivity contribution in [3.63, 3.8) is 0 Å². The monoisotopic (exact) mass is 869 g/mol. The molecule has 62 heavy (non-hydrogen) atoms. The summed E-state index contributed by atoms with van der Waals surface area (Å²) < 4.78 is 41.5. The summed E-state index contributed by atoms with van der Waals surface area (Å²) in [5.41, 5.74) is 15.5. The second-order valence-electron chi connectivity index (χ2n) is 16.7. The van der Waals surface area contributed by atoms with Gasteiger partial charge in [0.05, 0.1) is 30.0 Å². The Morgan fingerprint density at radius 1 is 0.726 bits per heavy atom. The normalized spacial score (nSPS) is 12.9. The standard InChI is InChI=1S/C47H63N7O7S/c1-46(2,61-32-47(3,4)60-5)27-42(55)51-29-34-17-19-36(20-18-34)31-62(58,59)54-40(16-10-13-33-11-7-6-8-12-33)45(57)53-41(26-37-14-9-15-38(25-37)28-48)44(56)52-30-35-21-23-39(24-22-35)43(49)50/h6-9,11-12,14-15,17-25,40-41,54H,10,13,16,26-32,48H2,1-5H3,(H3,49,50)(H,51,55)(H,52,56)(H,53,57)/t40-,41+/m1/s1. The van der Waals surface area contributed by atoms with E-state index < -0.39 is 50.9 Å². The maximum Gasteiger partial charge on any atom is 0.243 e. The van der Waals surface area contributed by atoms with Gasteiger partial charge in [-0.05, 0) is 80.3 Å². The lowest BCUT2D eigenvalue weighted by atomic mass is 10.0. The number of hydrogen-bond acceptors (Lipinski definition) is 9. The van der Waals surface area contributed by atoms with Crippen molar-refractivity contribution in [2.24, 2.45) is 11.5 Å². The van der Waals surface area contributed by atoms with Crippen molar-refractivity contribution in [1.29, 1.82) is 5.41 Å². The topological polar surface area (TPSA) is 228 Å². The van der Waals surface area contributed by atoms with Gasteiger partial charge in [0.25, 0.3) is 0 Å².